The summed E-state index contributed by atoms with van der Waals surface area (Å²) in [6, 6.07) is 144. The minimum Gasteiger partial charge on any atom is -0.404 e. The van der Waals surface area contributed by atoms with Crippen molar-refractivity contribution in [2.45, 2.75) is 37.0 Å². The lowest BCUT2D eigenvalue weighted by atomic mass is 10.0. The van der Waals surface area contributed by atoms with Gasteiger partial charge >= 0.3 is 46.7 Å². The van der Waals surface area contributed by atoms with Crippen LogP contribution in [0.1, 0.15) is 33.6 Å². The molecule has 146 heavy (non-hydrogen) atoms. The van der Waals surface area contributed by atoms with Crippen LogP contribution in [0.3, 0.4) is 0 Å². The van der Waals surface area contributed by atoms with Gasteiger partial charge in [-0.3, -0.25) is 0 Å². The molecule has 4 unspecified atom stereocenters. The molecule has 12 aliphatic rings. The van der Waals surface area contributed by atoms with Crippen molar-refractivity contribution in [1.82, 2.24) is 57.8 Å². The van der Waals surface area contributed by atoms with E-state index in [0.29, 0.717) is 0 Å². The normalized spacial score (nSPS) is 17.2. The first-order valence-corrected chi connectivity index (χ1v) is 49.2. The molecule has 24 heterocycles. The first-order valence-electron chi connectivity index (χ1n) is 49.2. The van der Waals surface area contributed by atoms with Crippen LogP contribution in [0.15, 0.2) is 450 Å². The lowest BCUT2D eigenvalue weighted by molar-refractivity contribution is -1.01. The highest BCUT2D eigenvalue weighted by Crippen LogP contribution is 2.56. The fraction of sp³-hybridized carbons (Fsp3) is 0.0492. The Morgan fingerprint density at radius 3 is 0.767 bits per heavy atom. The highest BCUT2D eigenvalue weighted by Gasteiger charge is 2.79. The second-order valence-electron chi connectivity index (χ2n) is 38.6. The summed E-state index contributed by atoms with van der Waals surface area (Å²) in [4.78, 5) is 0. The minimum absolute atomic E-state index is 0.697. The van der Waals surface area contributed by atoms with Crippen LogP contribution in [0.4, 0.5) is 0 Å². The number of hydrogen-bond acceptors (Lipinski definition) is 8. The number of aromatic nitrogens is 20. The average Bonchev–Trinajstić information content (AvgIpc) is 1.51. The van der Waals surface area contributed by atoms with Crippen LogP contribution in [0, 0.1) is 13.8 Å². The lowest BCUT2D eigenvalue weighted by Gasteiger charge is -2.22. The molecule has 4 atom stereocenters. The van der Waals surface area contributed by atoms with E-state index < -0.39 is 23.1 Å². The van der Waals surface area contributed by atoms with Crippen LogP contribution in [0.25, 0.3) is 158 Å². The van der Waals surface area contributed by atoms with E-state index in [-0.39, 0.29) is 0 Å². The number of fused-ring (bicyclic) bond motifs is 16. The van der Waals surface area contributed by atoms with Crippen molar-refractivity contribution < 1.29 is 55.9 Å². The predicted molar refractivity (Wildman–Crippen MR) is 540 cm³/mol. The molecular weight excluding hydrogens is 1810 g/mol. The fourth-order valence-corrected chi connectivity index (χ4v) is 25.2. The Kier molecular flexibility index (Phi) is 15.4. The smallest absolute Gasteiger partial charge is 0.404 e. The van der Waals surface area contributed by atoms with Gasteiger partial charge < -0.3 is 18.9 Å². The molecule has 36 rings (SSSR count). The van der Waals surface area contributed by atoms with Crippen LogP contribution in [-0.2, 0) is 23.1 Å². The highest BCUT2D eigenvalue weighted by molar-refractivity contribution is 5.79. The molecule has 12 aromatic heterocycles. The Balaban J connectivity index is 0.0000000851. The molecule has 684 valence electrons. The van der Waals surface area contributed by atoms with E-state index in [1.807, 2.05) is 48.5 Å². The van der Waals surface area contributed by atoms with Gasteiger partial charge in [0.05, 0.1) is 71.3 Å². The summed E-state index contributed by atoms with van der Waals surface area (Å²) in [5, 5.41) is 21.1. The third-order valence-corrected chi connectivity index (χ3v) is 31.1. The summed E-state index contributed by atoms with van der Waals surface area (Å²) in [7, 11) is 0. The molecule has 0 N–H and O–H groups in total. The molecule has 4 spiro atoms. The van der Waals surface area contributed by atoms with Gasteiger partial charge in [-0.1, -0.05) is 261 Å². The van der Waals surface area contributed by atoms with Crippen LogP contribution >= 0.6 is 0 Å². The number of nitrogens with zero attached hydrogens (tertiary/aromatic N) is 20. The van der Waals surface area contributed by atoms with Gasteiger partial charge in [-0.25, -0.2) is 0 Å². The molecule has 0 fully saturated rings. The quantitative estimate of drug-likeness (QED) is 0.136. The maximum atomic E-state index is 6.50. The standard InChI is InChI=1S/C32H23N5O.3C30H19N5O/c1-20-18-21(2)37-32-31-27(35(20)37)11-6-12-29(31)38-30-13-7-10-26(34(30)32)28-19-25(33-36(28)32)24-16-14-23(15-17-24)22-8-4-3-5-9-22;3*1-2-7-20(8-3-1)21-13-15-22(16-14-21)23-19-26-24-9-5-12-28-34(24)30(35(26)31-23)29-25(10-4-11-27(29)36-28)32-17-6-18-33(30)32/h3-19H,1-2H3;3*1-19H/q4*+2. The summed E-state index contributed by atoms with van der Waals surface area (Å²) in [6.07, 6.45) is 12.6. The zero-order valence-electron chi connectivity index (χ0n) is 78.3. The summed E-state index contributed by atoms with van der Waals surface area (Å²) in [5.74, 6) is 3.86. The third-order valence-electron chi connectivity index (χ3n) is 31.1. The third kappa shape index (κ3) is 9.98. The fourth-order valence-electron chi connectivity index (χ4n) is 25.2. The van der Waals surface area contributed by atoms with Crippen molar-refractivity contribution >= 4 is 0 Å². The molecule has 24 aromatic rings. The van der Waals surface area contributed by atoms with Gasteiger partial charge in [0, 0.05) is 77.7 Å². The van der Waals surface area contributed by atoms with Crippen LogP contribution < -0.4 is 55.9 Å². The minimum atomic E-state index is -0.716. The topological polar surface area (TPSA) is 159 Å². The Morgan fingerprint density at radius 1 is 0.226 bits per heavy atom. The summed E-state index contributed by atoms with van der Waals surface area (Å²) >= 11 is 0. The number of benzene rings is 12. The van der Waals surface area contributed by atoms with Crippen molar-refractivity contribution in [1.29, 1.82) is 0 Å². The summed E-state index contributed by atoms with van der Waals surface area (Å²) in [5.41, 5.74) is 37.6. The van der Waals surface area contributed by atoms with E-state index in [4.69, 9.17) is 39.3 Å². The Bertz CT molecular complexity index is 9140. The zero-order chi connectivity index (χ0) is 95.5. The van der Waals surface area contributed by atoms with Crippen LogP contribution in [-0.4, -0.2) is 57.8 Å². The Morgan fingerprint density at radius 2 is 0.473 bits per heavy atom. The number of aryl methyl sites for hydroxylation is 2. The maximum Gasteiger partial charge on any atom is 0.527 e. The van der Waals surface area contributed by atoms with E-state index >= 15 is 0 Å². The maximum absolute atomic E-state index is 6.50. The van der Waals surface area contributed by atoms with Crippen molar-refractivity contribution in [3.05, 3.63) is 483 Å². The molecule has 12 aliphatic heterocycles. The van der Waals surface area contributed by atoms with Gasteiger partial charge in [0.1, 0.15) is 45.5 Å². The van der Waals surface area contributed by atoms with E-state index in [9.17, 15) is 0 Å². The number of pyridine rings is 4. The molecule has 0 radical (unpaired) electrons. The van der Waals surface area contributed by atoms with Crippen LogP contribution in [0.5, 0.6) is 46.5 Å². The largest absolute Gasteiger partial charge is 0.527 e. The van der Waals surface area contributed by atoms with E-state index in [0.717, 1.165) is 188 Å². The monoisotopic (exact) mass is 1890 g/mol. The van der Waals surface area contributed by atoms with Gasteiger partial charge in [-0.2, -0.15) is 20.4 Å². The van der Waals surface area contributed by atoms with Crippen molar-refractivity contribution in [3.63, 3.8) is 0 Å². The average molecular weight is 1890 g/mol. The molecule has 24 nitrogen and oxygen atoms in total. The van der Waals surface area contributed by atoms with Crippen molar-refractivity contribution in [3.8, 4) is 204 Å². The first-order chi connectivity index (χ1) is 72.2. The van der Waals surface area contributed by atoms with Gasteiger partial charge in [0.25, 0.3) is 0 Å². The molecule has 0 bridgehead atoms. The highest BCUT2D eigenvalue weighted by atomic mass is 16.5. The Hall–Kier alpha value is -19.9. The van der Waals surface area contributed by atoms with Crippen LogP contribution in [0.2, 0.25) is 0 Å². The second-order valence-corrected chi connectivity index (χ2v) is 38.6. The summed E-state index contributed by atoms with van der Waals surface area (Å²) in [6.45, 7) is 4.33. The van der Waals surface area contributed by atoms with Gasteiger partial charge in [-0.05, 0) is 167 Å². The van der Waals surface area contributed by atoms with E-state index in [1.54, 1.807) is 0 Å². The Labute approximate surface area is 833 Å². The molecule has 0 saturated carbocycles. The van der Waals surface area contributed by atoms with Gasteiger partial charge in [0.15, 0.2) is 45.3 Å². The van der Waals surface area contributed by atoms with Gasteiger partial charge in [0.2, 0.25) is 47.1 Å². The van der Waals surface area contributed by atoms with Crippen molar-refractivity contribution in [2.24, 2.45) is 0 Å². The van der Waals surface area contributed by atoms with Gasteiger partial charge in [-0.15, -0.1) is 37.5 Å². The molecule has 0 aliphatic carbocycles. The molecule has 12 aromatic carbocycles. The zero-order valence-corrected chi connectivity index (χ0v) is 78.3. The number of hydrogen-bond donors (Lipinski definition) is 0. The molecule has 0 saturated heterocycles. The number of rotatable bonds is 8. The van der Waals surface area contributed by atoms with E-state index in [1.165, 1.54) is 50.2 Å². The van der Waals surface area contributed by atoms with Crippen molar-refractivity contribution in [2.75, 3.05) is 0 Å². The second kappa shape index (κ2) is 28.5. The van der Waals surface area contributed by atoms with E-state index in [2.05, 4.69) is 489 Å². The molecule has 0 amide bonds. The summed E-state index contributed by atoms with van der Waals surface area (Å²) < 4.78 is 61.6. The molecule has 24 heteroatoms. The molecular formula is C122H80N20O4+8. The lowest BCUT2D eigenvalue weighted by Crippen LogP contribution is -2.77. The first kappa shape index (κ1) is 79.0. The number of ether oxygens (including phenoxy) is 4. The predicted octanol–water partition coefficient (Wildman–Crippen LogP) is 19.6. The SMILES string of the molecule is Cc1cc(C)[n+]2n1-c1cccc3c1C21n2nc(-c4ccc(-c5ccccc5)cc4)cc2-c2cccc([n+]21)O3.c1ccc(-c2ccc(-c3cc4n(n3)C35c6c(cccc6-n6ccc[n+]63)Oc3cccc-4[n+]35)cc2)cc1.c1ccc(-c2ccc(-c3cc4n(n3)C35c6c(cccc6-n6ccc[n+]63)Oc3cccc-4[n+]35)cc2)cc1.c1ccc(-c2ccc(-c3cc4n(n3)C35c6c(cccc6-n6ccc[n+]63)Oc3cccc-4[n+]35)cc2)cc1.